The maximum absolute atomic E-state index is 11.5. The summed E-state index contributed by atoms with van der Waals surface area (Å²) in [5.41, 5.74) is 1.45. The van der Waals surface area contributed by atoms with Gasteiger partial charge in [0.05, 0.1) is 5.71 Å². The molecule has 0 saturated heterocycles. The maximum atomic E-state index is 11.5. The van der Waals surface area contributed by atoms with Crippen LogP contribution in [0.2, 0.25) is 0 Å². The van der Waals surface area contributed by atoms with Gasteiger partial charge in [-0.1, -0.05) is 12.1 Å². The Bertz CT molecular complexity index is 441. The first-order valence-electron chi connectivity index (χ1n) is 6.38. The van der Waals surface area contributed by atoms with E-state index in [4.69, 9.17) is 9.94 Å². The Labute approximate surface area is 113 Å². The number of carbonyl (C=O) groups excluding carboxylic acids is 1. The highest BCUT2D eigenvalue weighted by Gasteiger charge is 2.13. The Kier molecular flexibility index (Phi) is 5.85. The van der Waals surface area contributed by atoms with Crippen molar-refractivity contribution in [2.45, 2.75) is 33.3 Å². The molecule has 0 bridgehead atoms. The van der Waals surface area contributed by atoms with E-state index in [1.54, 1.807) is 31.2 Å². The first kappa shape index (κ1) is 15.0. The lowest BCUT2D eigenvalue weighted by atomic mass is 10.1. The summed E-state index contributed by atoms with van der Waals surface area (Å²) in [6.45, 7) is 6.06. The molecule has 5 nitrogen and oxygen atoms in total. The molecule has 0 fully saturated rings. The molecule has 1 atom stereocenters. The normalized spacial score (nSPS) is 12.9. The predicted octanol–water partition coefficient (Wildman–Crippen LogP) is 2.18. The molecule has 0 aliphatic rings. The molecule has 2 N–H and O–H groups in total. The lowest BCUT2D eigenvalue weighted by molar-refractivity contribution is -0.127. The molecule has 1 rings (SSSR count). The Morgan fingerprint density at radius 1 is 1.37 bits per heavy atom. The second kappa shape index (κ2) is 7.41. The van der Waals surface area contributed by atoms with Gasteiger partial charge in [-0.3, -0.25) is 4.79 Å². The smallest absolute Gasteiger partial charge is 0.260 e. The fraction of sp³-hybridized carbons (Fsp3) is 0.429. The minimum absolute atomic E-state index is 0.141. The van der Waals surface area contributed by atoms with Gasteiger partial charge >= 0.3 is 0 Å². The number of benzene rings is 1. The van der Waals surface area contributed by atoms with Gasteiger partial charge in [-0.05, 0) is 50.1 Å². The largest absolute Gasteiger partial charge is 0.481 e. The Balaban J connectivity index is 2.69. The van der Waals surface area contributed by atoms with Crippen LogP contribution < -0.4 is 10.1 Å². The van der Waals surface area contributed by atoms with Crippen LogP contribution in [-0.2, 0) is 4.79 Å². The lowest BCUT2D eigenvalue weighted by Gasteiger charge is -2.14. The average Bonchev–Trinajstić information content (AvgIpc) is 2.42. The number of nitrogens with zero attached hydrogens (tertiary/aromatic N) is 1. The summed E-state index contributed by atoms with van der Waals surface area (Å²) in [4.78, 5) is 11.5. The van der Waals surface area contributed by atoms with Crippen LogP contribution in [0.1, 0.15) is 32.8 Å². The van der Waals surface area contributed by atoms with Gasteiger partial charge in [-0.25, -0.2) is 0 Å². The van der Waals surface area contributed by atoms with Gasteiger partial charge < -0.3 is 15.3 Å². The van der Waals surface area contributed by atoms with Gasteiger partial charge in [0.15, 0.2) is 6.10 Å². The first-order chi connectivity index (χ1) is 9.12. The number of nitrogens with one attached hydrogen (secondary N) is 1. The van der Waals surface area contributed by atoms with E-state index >= 15 is 0 Å². The average molecular weight is 264 g/mol. The van der Waals surface area contributed by atoms with E-state index in [-0.39, 0.29) is 5.91 Å². The van der Waals surface area contributed by atoms with Gasteiger partial charge in [0.1, 0.15) is 5.75 Å². The molecule has 19 heavy (non-hydrogen) atoms. The molecule has 0 spiro atoms. The number of ether oxygens (including phenoxy) is 1. The summed E-state index contributed by atoms with van der Waals surface area (Å²) < 4.78 is 5.52. The van der Waals surface area contributed by atoms with Gasteiger partial charge in [0.2, 0.25) is 0 Å². The van der Waals surface area contributed by atoms with Crippen molar-refractivity contribution in [2.75, 3.05) is 6.54 Å². The van der Waals surface area contributed by atoms with Crippen molar-refractivity contribution in [3.63, 3.8) is 0 Å². The Morgan fingerprint density at radius 2 is 2.00 bits per heavy atom. The van der Waals surface area contributed by atoms with Crippen molar-refractivity contribution < 1.29 is 14.7 Å². The van der Waals surface area contributed by atoms with E-state index in [1.165, 1.54) is 0 Å². The molecule has 1 unspecified atom stereocenters. The van der Waals surface area contributed by atoms with E-state index in [0.717, 1.165) is 5.56 Å². The maximum Gasteiger partial charge on any atom is 0.260 e. The zero-order valence-corrected chi connectivity index (χ0v) is 11.5. The number of rotatable bonds is 6. The zero-order chi connectivity index (χ0) is 14.3. The molecule has 1 amide bonds. The second-order valence-electron chi connectivity index (χ2n) is 4.08. The highest BCUT2D eigenvalue weighted by Crippen LogP contribution is 2.15. The van der Waals surface area contributed by atoms with Crippen molar-refractivity contribution >= 4 is 11.6 Å². The molecule has 5 heteroatoms. The zero-order valence-electron chi connectivity index (χ0n) is 11.5. The van der Waals surface area contributed by atoms with Crippen molar-refractivity contribution in [3.05, 3.63) is 29.8 Å². The van der Waals surface area contributed by atoms with Crippen LogP contribution in [0, 0.1) is 0 Å². The van der Waals surface area contributed by atoms with E-state index in [9.17, 15) is 4.79 Å². The van der Waals surface area contributed by atoms with Crippen molar-refractivity contribution in [1.29, 1.82) is 0 Å². The van der Waals surface area contributed by atoms with E-state index in [2.05, 4.69) is 10.5 Å². The molecule has 0 aliphatic carbocycles. The highest BCUT2D eigenvalue weighted by molar-refractivity contribution is 6.00. The van der Waals surface area contributed by atoms with Crippen LogP contribution in [0.3, 0.4) is 0 Å². The van der Waals surface area contributed by atoms with Gasteiger partial charge in [0.25, 0.3) is 5.91 Å². The van der Waals surface area contributed by atoms with Crippen LogP contribution in [0.5, 0.6) is 5.75 Å². The molecule has 0 saturated carbocycles. The van der Waals surface area contributed by atoms with E-state index < -0.39 is 6.10 Å². The Morgan fingerprint density at radius 3 is 2.47 bits per heavy atom. The summed E-state index contributed by atoms with van der Waals surface area (Å²) >= 11 is 0. The SMILES string of the molecule is CCNC(=O)C(C)Oc1ccc(/C(CC)=N/O)cc1. The number of carbonyl (C=O) groups is 1. The van der Waals surface area contributed by atoms with Crippen molar-refractivity contribution in [1.82, 2.24) is 5.32 Å². The van der Waals surface area contributed by atoms with E-state index in [1.807, 2.05) is 13.8 Å². The fourth-order valence-corrected chi connectivity index (χ4v) is 1.63. The number of likely N-dealkylation sites (N-methyl/N-ethyl adjacent to an activating group) is 1. The Hall–Kier alpha value is -2.04. The van der Waals surface area contributed by atoms with Crippen molar-refractivity contribution in [3.8, 4) is 5.75 Å². The van der Waals surface area contributed by atoms with Crippen LogP contribution in [0.15, 0.2) is 29.4 Å². The van der Waals surface area contributed by atoms with Crippen LogP contribution in [0.4, 0.5) is 0 Å². The third-order valence-corrected chi connectivity index (χ3v) is 2.68. The number of hydrogen-bond donors (Lipinski definition) is 2. The summed E-state index contributed by atoms with van der Waals surface area (Å²) in [7, 11) is 0. The number of oxime groups is 1. The second-order valence-corrected chi connectivity index (χ2v) is 4.08. The van der Waals surface area contributed by atoms with Crippen LogP contribution in [-0.4, -0.2) is 29.5 Å². The van der Waals surface area contributed by atoms with Gasteiger partial charge in [-0.2, -0.15) is 0 Å². The van der Waals surface area contributed by atoms with Crippen molar-refractivity contribution in [2.24, 2.45) is 5.16 Å². The predicted molar refractivity (Wildman–Crippen MR) is 73.8 cm³/mol. The molecule has 0 radical (unpaired) electrons. The standard InChI is InChI=1S/C14H20N2O3/c1-4-13(16-18)11-6-8-12(9-7-11)19-10(3)14(17)15-5-2/h6-10,18H,4-5H2,1-3H3,(H,15,17)/b16-13+. The third kappa shape index (κ3) is 4.28. The third-order valence-electron chi connectivity index (χ3n) is 2.68. The first-order valence-corrected chi connectivity index (χ1v) is 6.38. The summed E-state index contributed by atoms with van der Waals surface area (Å²) in [6.07, 6.45) is 0.106. The molecule has 0 aromatic heterocycles. The summed E-state index contributed by atoms with van der Waals surface area (Å²) in [5.74, 6) is 0.466. The monoisotopic (exact) mass is 264 g/mol. The molecule has 104 valence electrons. The molecule has 1 aromatic carbocycles. The number of hydrogen-bond acceptors (Lipinski definition) is 4. The lowest BCUT2D eigenvalue weighted by Crippen LogP contribution is -2.36. The molecular weight excluding hydrogens is 244 g/mol. The highest BCUT2D eigenvalue weighted by atomic mass is 16.5. The molecule has 1 aromatic rings. The van der Waals surface area contributed by atoms with Gasteiger partial charge in [-0.15, -0.1) is 0 Å². The molecule has 0 heterocycles. The summed E-state index contributed by atoms with van der Waals surface area (Å²) in [5, 5.41) is 14.8. The van der Waals surface area contributed by atoms with Gasteiger partial charge in [0, 0.05) is 6.54 Å². The topological polar surface area (TPSA) is 70.9 Å². The molecular formula is C14H20N2O3. The minimum atomic E-state index is -0.539. The van der Waals surface area contributed by atoms with Crippen LogP contribution >= 0.6 is 0 Å². The fourth-order valence-electron chi connectivity index (χ4n) is 1.63. The number of amides is 1. The van der Waals surface area contributed by atoms with E-state index in [0.29, 0.717) is 24.4 Å². The minimum Gasteiger partial charge on any atom is -0.481 e. The quantitative estimate of drug-likeness (QED) is 0.470. The molecule has 0 aliphatic heterocycles. The van der Waals surface area contributed by atoms with Crippen LogP contribution in [0.25, 0.3) is 0 Å². The summed E-state index contributed by atoms with van der Waals surface area (Å²) in [6, 6.07) is 7.12.